The Bertz CT molecular complexity index is 5260. The number of primary amides is 1. The molecule has 4 aromatic carbocycles. The van der Waals surface area contributed by atoms with Crippen molar-refractivity contribution in [3.8, 4) is 11.5 Å². The molecule has 13 amide bonds. The predicted molar refractivity (Wildman–Crippen MR) is 523 cm³/mol. The van der Waals surface area contributed by atoms with E-state index in [1.807, 2.05) is 6.92 Å². The summed E-state index contributed by atoms with van der Waals surface area (Å²) in [5.41, 5.74) is 20.3. The smallest absolute Gasteiger partial charge is 0.409 e. The number of amides is 13. The fraction of sp³-hybridized carbons (Fsp3) is 0.516. The number of aldehydes is 1. The zero-order valence-electron chi connectivity index (χ0n) is 79.1. The number of hydrogen-bond donors (Lipinski definition) is 19. The molecule has 0 saturated carbocycles. The number of unbranched alkanes of at least 4 members (excludes halogenated alkanes) is 1. The molecule has 22 atom stereocenters. The molecule has 758 valence electrons. The summed E-state index contributed by atoms with van der Waals surface area (Å²) in [5, 5.41) is 73.7. The first-order valence-corrected chi connectivity index (χ1v) is 50.6. The van der Waals surface area contributed by atoms with Gasteiger partial charge in [0.25, 0.3) is 0 Å². The van der Waals surface area contributed by atoms with E-state index in [9.17, 15) is 82.8 Å². The number of methoxy groups -OCH3 is 2. The molecule has 5 aromatic rings. The van der Waals surface area contributed by atoms with E-state index in [-0.39, 0.29) is 85.3 Å². The summed E-state index contributed by atoms with van der Waals surface area (Å²) in [4.78, 5) is 219. The van der Waals surface area contributed by atoms with Crippen LogP contribution in [0.2, 0.25) is 5.02 Å². The number of aliphatic hydroxyl groups excluding tert-OH is 2. The van der Waals surface area contributed by atoms with Gasteiger partial charge in [0.2, 0.25) is 76.7 Å². The van der Waals surface area contributed by atoms with E-state index in [4.69, 9.17) is 52.5 Å². The highest BCUT2D eigenvalue weighted by Gasteiger charge is 2.66. The highest BCUT2D eigenvalue weighted by Crippen LogP contribution is 2.51. The average molecular weight is 2030 g/mol. The van der Waals surface area contributed by atoms with Crippen LogP contribution in [0.4, 0.5) is 10.5 Å². The Morgan fingerprint density at radius 2 is 1.41 bits per heavy atom. The van der Waals surface area contributed by atoms with Crippen molar-refractivity contribution in [3.63, 3.8) is 0 Å². The molecule has 5 aliphatic rings. The monoisotopic (exact) mass is 2030 g/mol. The van der Waals surface area contributed by atoms with E-state index in [2.05, 4.69) is 63.5 Å². The summed E-state index contributed by atoms with van der Waals surface area (Å²) >= 11 is 7.01. The SMILES string of the molecule is COc1cc2cc(c1Cl)N(C)C(C=O)C1(OC(=O)[C@H](C)N(C)C(=O)CCSSC[C@H](NC(=O)[C@H](C)NC(=O)[C@H](C)NC(=O)[C@@H](NC(=O)[C@@H]3CSSC[C@H](NC(=O)[C@H](N)Cc4ccccc4)C(=O)N[C@@H](Cc4ccc(O)cc4)C(=O)N[C@H](Cc4c[nH]c5ccccc45)C(=O)N[C@@H](CCCCN)C(=O)N[C@@H]([C@@H](C)O)C(=O)N3)[C@@H](C)O)C(N)=O)O[C@@H]([C@H](C)[C@@H]3C[C@@](O)(NC(=O)O3)[C@H](OC)/C=C/C=C(\C)C2)[C@@H]1C. The van der Waals surface area contributed by atoms with Crippen LogP contribution in [0.25, 0.3) is 10.9 Å². The van der Waals surface area contributed by atoms with Gasteiger partial charge in [-0.1, -0.05) is 153 Å². The summed E-state index contributed by atoms with van der Waals surface area (Å²) in [6.07, 6.45) is -0.102. The maximum atomic E-state index is 15.1. The minimum Gasteiger partial charge on any atom is -0.508 e. The first kappa shape index (κ1) is 111. The van der Waals surface area contributed by atoms with Crippen molar-refractivity contribution in [2.24, 2.45) is 29.0 Å². The third-order valence-electron chi connectivity index (χ3n) is 24.5. The number of benzene rings is 4. The second-order valence-corrected chi connectivity index (χ2v) is 40.5. The number of carbonyl (C=O) groups is 15. The predicted octanol–water partition coefficient (Wildman–Crippen LogP) is 1.04. The number of para-hydroxylation sites is 1. The van der Waals surface area contributed by atoms with E-state index >= 15 is 9.59 Å². The second kappa shape index (κ2) is 51.8. The quantitative estimate of drug-likeness (QED) is 0.0117. The molecule has 3 fully saturated rings. The zero-order chi connectivity index (χ0) is 102. The van der Waals surface area contributed by atoms with Crippen LogP contribution in [0, 0.1) is 11.8 Å². The van der Waals surface area contributed by atoms with E-state index < -0.39 is 221 Å². The molecule has 0 spiro atoms. The summed E-state index contributed by atoms with van der Waals surface area (Å²) in [6, 6.07) is 5.05. The number of phenols is 1. The third-order valence-corrected chi connectivity index (χ3v) is 29.7. The fourth-order valence-corrected chi connectivity index (χ4v) is 20.9. The number of H-pyrrole nitrogens is 1. The molecule has 5 aliphatic heterocycles. The molecule has 10 rings (SSSR count). The van der Waals surface area contributed by atoms with Crippen LogP contribution in [0.1, 0.15) is 110 Å². The topological polar surface area (TPSA) is 616 Å². The van der Waals surface area contributed by atoms with Crippen LogP contribution in [-0.2, 0) is 112 Å². The zero-order valence-corrected chi connectivity index (χ0v) is 83.1. The van der Waals surface area contributed by atoms with Crippen LogP contribution < -0.4 is 85.3 Å². The summed E-state index contributed by atoms with van der Waals surface area (Å²) in [6.45, 7) is 11.6. The van der Waals surface area contributed by atoms with Crippen LogP contribution in [0.15, 0.2) is 121 Å². The maximum Gasteiger partial charge on any atom is 0.409 e. The summed E-state index contributed by atoms with van der Waals surface area (Å²) < 4.78 is 30.1. The van der Waals surface area contributed by atoms with Gasteiger partial charge in [-0.3, -0.25) is 62.9 Å². The number of hydrogen-bond acceptors (Lipinski definition) is 31. The number of nitrogens with two attached hydrogens (primary N) is 3. The van der Waals surface area contributed by atoms with Crippen molar-refractivity contribution >= 4 is 161 Å². The van der Waals surface area contributed by atoms with Gasteiger partial charge in [0.1, 0.15) is 101 Å². The number of likely N-dealkylation sites (N-methyl/N-ethyl adjacent to an activating group) is 2. The first-order valence-electron chi connectivity index (χ1n) is 45.2. The van der Waals surface area contributed by atoms with Gasteiger partial charge in [0.05, 0.1) is 43.1 Å². The Kier molecular flexibility index (Phi) is 41.5. The van der Waals surface area contributed by atoms with E-state index in [0.29, 0.717) is 58.0 Å². The molecule has 0 aliphatic carbocycles. The number of aliphatic hydroxyl groups is 3. The standard InChI is InChI=1S/C93H126ClN17O24S4/c1-47-21-20-27-73(132-12)92(130)41-71(133-91(129)109-92)48(2)78-49(3)93(134-78,72(43-112)111(10)69-38-57(35-47)39-70(131-11)75(69)94)135-90(128)52(6)110(9)74(116)32-34-136-137-44-66(79(97)117)104-81(119)51(5)99-80(118)50(4)100-88(126)76(53(7)113)108-87(125)68-46-139-138-45-67(105-82(120)61(96)36-55-22-14-13-15-23-55)86(124)102-64(37-56-28-30-59(115)31-29-56)84(122)103-65(40-58-42-98-62-25-17-16-24-60(58)62)85(123)101-63(26-18-19-33-95)83(121)107-77(54(8)114)89(127)106-68/h13-17,20-25,27-31,38-39,42-43,48-54,61,63-68,71-73,76-78,98,113-115,130H,18-19,26,32-37,40-41,44-46,95-96H2,1-12H3,(H2,97,117)(H,99,118)(H,100,126)(H,101,123)(H,102,124)(H,103,122)(H,104,119)(H,105,120)(H,106,127)(H,107,121)(H,108,125)(H,109,129)/b27-20+,47-21+/t48-,49+,50+,51+,52+,53-,54-,61-,63+,64+,65-,66+,67+,68+,71+,72?,73-,76+,77+,78+,92+,93?/m1/s1. The Morgan fingerprint density at radius 1 is 0.770 bits per heavy atom. The summed E-state index contributed by atoms with van der Waals surface area (Å²) in [5.74, 6) is -17.0. The lowest BCUT2D eigenvalue weighted by Gasteiger charge is -2.58. The number of allylic oxidation sites excluding steroid dienone is 3. The average Bonchev–Trinajstić information content (AvgIpc) is 0.897. The van der Waals surface area contributed by atoms with Crippen molar-refractivity contribution in [3.05, 3.63) is 148 Å². The molecule has 0 radical (unpaired) electrons. The van der Waals surface area contributed by atoms with Gasteiger partial charge in [-0.25, -0.2) is 9.59 Å². The number of aromatic hydroxyl groups is 1. The second-order valence-electron chi connectivity index (χ2n) is 34.9. The lowest BCUT2D eigenvalue weighted by Crippen LogP contribution is -2.74. The number of alkyl carbamates (subject to hydrolysis) is 1. The minimum atomic E-state index is -2.09. The number of nitrogens with one attached hydrogen (secondary N) is 12. The van der Waals surface area contributed by atoms with Gasteiger partial charge in [-0.2, -0.15) is 0 Å². The van der Waals surface area contributed by atoms with E-state index in [1.54, 1.807) is 112 Å². The van der Waals surface area contributed by atoms with Gasteiger partial charge in [-0.15, -0.1) is 0 Å². The minimum absolute atomic E-state index is 0.0187. The number of aromatic nitrogens is 1. The lowest BCUT2D eigenvalue weighted by atomic mass is 9.74. The van der Waals surface area contributed by atoms with Gasteiger partial charge in [0, 0.05) is 92.9 Å². The molecule has 139 heavy (non-hydrogen) atoms. The number of esters is 1. The molecule has 6 bridgehead atoms. The largest absolute Gasteiger partial charge is 0.508 e. The summed E-state index contributed by atoms with van der Waals surface area (Å²) in [7, 11) is 9.60. The molecule has 1 aromatic heterocycles. The number of ether oxygens (including phenoxy) is 5. The van der Waals surface area contributed by atoms with Gasteiger partial charge >= 0.3 is 12.1 Å². The normalized spacial score (nSPS) is 25.9. The number of anilines is 1. The molecule has 2 unspecified atom stereocenters. The third kappa shape index (κ3) is 29.9. The van der Waals surface area contributed by atoms with Crippen LogP contribution >= 0.6 is 54.8 Å². The van der Waals surface area contributed by atoms with Crippen molar-refractivity contribution in [1.82, 2.24) is 68.4 Å². The number of aromatic amines is 1. The maximum absolute atomic E-state index is 15.1. The Morgan fingerprint density at radius 3 is 2.06 bits per heavy atom. The van der Waals surface area contributed by atoms with Crippen LogP contribution in [0.3, 0.4) is 0 Å². The first-order chi connectivity index (χ1) is 65.9. The fourth-order valence-electron chi connectivity index (χ4n) is 16.1. The number of halogens is 1. The number of fused-ring (bicyclic) bond motifs is 5. The Labute approximate surface area is 825 Å². The molecule has 6 heterocycles. The van der Waals surface area contributed by atoms with E-state index in [1.165, 1.54) is 71.2 Å². The van der Waals surface area contributed by atoms with Crippen molar-refractivity contribution in [1.29, 1.82) is 0 Å². The molecular weight excluding hydrogens is 1900 g/mol. The number of rotatable bonds is 35. The van der Waals surface area contributed by atoms with Crippen molar-refractivity contribution in [2.75, 3.05) is 62.8 Å². The molecular formula is C93H126ClN17O24S4. The van der Waals surface area contributed by atoms with Gasteiger partial charge in [-0.05, 0) is 133 Å². The molecule has 41 nitrogen and oxygen atoms in total. The highest BCUT2D eigenvalue weighted by molar-refractivity contribution is 8.77. The number of phenolic OH excluding ortho intramolecular Hbond substituents is 1. The van der Waals surface area contributed by atoms with Gasteiger partial charge < -0.3 is 134 Å². The number of nitrogens with zero attached hydrogens (tertiary/aromatic N) is 2. The van der Waals surface area contributed by atoms with E-state index in [0.717, 1.165) is 67.5 Å². The highest BCUT2D eigenvalue weighted by atomic mass is 35.5. The van der Waals surface area contributed by atoms with Crippen LogP contribution in [-0.4, -0.2) is 298 Å². The van der Waals surface area contributed by atoms with Gasteiger partial charge in [0.15, 0.2) is 11.8 Å². The van der Waals surface area contributed by atoms with Crippen LogP contribution in [0.5, 0.6) is 11.5 Å². The Hall–Kier alpha value is -11.2. The molecule has 3 saturated heterocycles. The van der Waals surface area contributed by atoms with Crippen molar-refractivity contribution in [2.45, 2.75) is 234 Å². The molecule has 46 heteroatoms. The van der Waals surface area contributed by atoms with Crippen molar-refractivity contribution < 1.29 is 116 Å². The number of carbonyl (C=O) groups excluding carboxylic acids is 15. The molecule has 22 N–H and O–H groups in total. The lowest BCUT2D eigenvalue weighted by molar-refractivity contribution is -0.381. The Balaban J connectivity index is 0.846.